The summed E-state index contributed by atoms with van der Waals surface area (Å²) in [6.45, 7) is 7.33. The van der Waals surface area contributed by atoms with Crippen molar-refractivity contribution in [3.05, 3.63) is 28.5 Å². The van der Waals surface area contributed by atoms with Gasteiger partial charge in [-0.05, 0) is 38.5 Å². The molecule has 1 fully saturated rings. The molecule has 0 bridgehead atoms. The van der Waals surface area contributed by atoms with Crippen molar-refractivity contribution in [1.82, 2.24) is 10.2 Å². The summed E-state index contributed by atoms with van der Waals surface area (Å²) in [5.74, 6) is -0.399. The van der Waals surface area contributed by atoms with Crippen LogP contribution in [0.3, 0.4) is 0 Å². The third-order valence-electron chi connectivity index (χ3n) is 4.14. The molecule has 0 aromatic heterocycles. The number of rotatable bonds is 4. The molecule has 1 aliphatic heterocycles. The van der Waals surface area contributed by atoms with E-state index in [-0.39, 0.29) is 23.2 Å². The number of amides is 2. The molecule has 1 heterocycles. The van der Waals surface area contributed by atoms with E-state index in [0.717, 1.165) is 13.1 Å². The zero-order chi connectivity index (χ0) is 17.1. The van der Waals surface area contributed by atoms with Gasteiger partial charge in [0, 0.05) is 26.2 Å². The standard InChI is InChI=1S/C16H23ClFN3O2/c1-9(2)21-7-14(15(8-21)23-4)20-16(22)19-13-5-10(3)12(18)6-11(13)17/h5-6,9,14-15H,7-8H2,1-4H3,(H2,19,20,22)/t14-,15-/m0/s1. The first-order valence-electron chi connectivity index (χ1n) is 7.61. The van der Waals surface area contributed by atoms with Gasteiger partial charge in [0.15, 0.2) is 0 Å². The lowest BCUT2D eigenvalue weighted by Crippen LogP contribution is -2.45. The van der Waals surface area contributed by atoms with Crippen LogP contribution in [-0.4, -0.2) is 49.3 Å². The number of carbonyl (C=O) groups excluding carboxylic acids is 1. The molecule has 1 aromatic rings. The van der Waals surface area contributed by atoms with Crippen molar-refractivity contribution in [1.29, 1.82) is 0 Å². The Morgan fingerprint density at radius 2 is 2.13 bits per heavy atom. The molecule has 0 radical (unpaired) electrons. The van der Waals surface area contributed by atoms with E-state index in [4.69, 9.17) is 16.3 Å². The van der Waals surface area contributed by atoms with Crippen molar-refractivity contribution in [3.8, 4) is 0 Å². The summed E-state index contributed by atoms with van der Waals surface area (Å²) in [6, 6.07) is 2.61. The van der Waals surface area contributed by atoms with Crippen molar-refractivity contribution in [2.45, 2.75) is 39.0 Å². The van der Waals surface area contributed by atoms with Crippen molar-refractivity contribution < 1.29 is 13.9 Å². The molecule has 2 rings (SSSR count). The van der Waals surface area contributed by atoms with Gasteiger partial charge in [-0.3, -0.25) is 4.90 Å². The van der Waals surface area contributed by atoms with Crippen LogP contribution < -0.4 is 10.6 Å². The van der Waals surface area contributed by atoms with Crippen LogP contribution in [0, 0.1) is 12.7 Å². The predicted octanol–water partition coefficient (Wildman–Crippen LogP) is 3.02. The average molecular weight is 344 g/mol. The number of carbonyl (C=O) groups is 1. The van der Waals surface area contributed by atoms with Gasteiger partial charge in [-0.1, -0.05) is 11.6 Å². The van der Waals surface area contributed by atoms with E-state index in [2.05, 4.69) is 29.4 Å². The lowest BCUT2D eigenvalue weighted by Gasteiger charge is -2.20. The first-order chi connectivity index (χ1) is 10.8. The van der Waals surface area contributed by atoms with Crippen LogP contribution in [0.25, 0.3) is 0 Å². The SMILES string of the molecule is CO[C@H]1CN(C(C)C)C[C@@H]1NC(=O)Nc1cc(C)c(F)cc1Cl. The van der Waals surface area contributed by atoms with Gasteiger partial charge in [0.05, 0.1) is 22.9 Å². The molecule has 0 spiro atoms. The van der Waals surface area contributed by atoms with Gasteiger partial charge in [-0.25, -0.2) is 9.18 Å². The summed E-state index contributed by atoms with van der Waals surface area (Å²) < 4.78 is 18.9. The van der Waals surface area contributed by atoms with E-state index in [1.807, 2.05) is 0 Å². The minimum atomic E-state index is -0.399. The van der Waals surface area contributed by atoms with Gasteiger partial charge >= 0.3 is 6.03 Å². The normalized spacial score (nSPS) is 21.7. The Balaban J connectivity index is 2.01. The van der Waals surface area contributed by atoms with Crippen molar-refractivity contribution in [2.75, 3.05) is 25.5 Å². The number of ether oxygens (including phenoxy) is 1. The number of anilines is 1. The highest BCUT2D eigenvalue weighted by Crippen LogP contribution is 2.25. The molecule has 1 saturated heterocycles. The van der Waals surface area contributed by atoms with Crippen molar-refractivity contribution >= 4 is 23.3 Å². The number of hydrogen-bond donors (Lipinski definition) is 2. The highest BCUT2D eigenvalue weighted by Gasteiger charge is 2.35. The maximum atomic E-state index is 13.4. The Labute approximate surface area is 141 Å². The Hall–Kier alpha value is -1.37. The number of nitrogens with zero attached hydrogens (tertiary/aromatic N) is 1. The first-order valence-corrected chi connectivity index (χ1v) is 7.99. The molecule has 2 amide bonds. The molecule has 0 saturated carbocycles. The molecule has 23 heavy (non-hydrogen) atoms. The Morgan fingerprint density at radius 1 is 1.43 bits per heavy atom. The maximum Gasteiger partial charge on any atom is 0.319 e. The molecule has 1 aliphatic rings. The van der Waals surface area contributed by atoms with E-state index < -0.39 is 5.82 Å². The summed E-state index contributed by atoms with van der Waals surface area (Å²) in [7, 11) is 1.64. The van der Waals surface area contributed by atoms with Crippen LogP contribution in [0.1, 0.15) is 19.4 Å². The smallest absolute Gasteiger partial charge is 0.319 e. The quantitative estimate of drug-likeness (QED) is 0.883. The lowest BCUT2D eigenvalue weighted by atomic mass is 10.2. The summed E-state index contributed by atoms with van der Waals surface area (Å²) in [4.78, 5) is 14.5. The second-order valence-electron chi connectivity index (χ2n) is 6.11. The molecular formula is C16H23ClFN3O2. The fourth-order valence-electron chi connectivity index (χ4n) is 2.68. The number of benzene rings is 1. The first kappa shape index (κ1) is 18.0. The van der Waals surface area contributed by atoms with Gasteiger partial charge in [-0.15, -0.1) is 0 Å². The van der Waals surface area contributed by atoms with E-state index in [9.17, 15) is 9.18 Å². The number of likely N-dealkylation sites (tertiary alicyclic amines) is 1. The zero-order valence-corrected chi connectivity index (χ0v) is 14.6. The number of halogens is 2. The van der Waals surface area contributed by atoms with E-state index in [0.29, 0.717) is 17.3 Å². The fourth-order valence-corrected chi connectivity index (χ4v) is 2.88. The summed E-state index contributed by atoms with van der Waals surface area (Å²) >= 11 is 5.97. The average Bonchev–Trinajstić information content (AvgIpc) is 2.88. The minimum Gasteiger partial charge on any atom is -0.378 e. The number of hydrogen-bond acceptors (Lipinski definition) is 3. The number of urea groups is 1. The summed E-state index contributed by atoms with van der Waals surface area (Å²) in [5, 5.41) is 5.74. The maximum absolute atomic E-state index is 13.4. The number of methoxy groups -OCH3 is 1. The molecule has 0 aliphatic carbocycles. The number of aryl methyl sites for hydroxylation is 1. The van der Waals surface area contributed by atoms with Crippen LogP contribution in [-0.2, 0) is 4.74 Å². The molecule has 2 atom stereocenters. The van der Waals surface area contributed by atoms with Crippen LogP contribution >= 0.6 is 11.6 Å². The van der Waals surface area contributed by atoms with Gasteiger partial charge in [0.2, 0.25) is 0 Å². The topological polar surface area (TPSA) is 53.6 Å². The monoisotopic (exact) mass is 343 g/mol. The van der Waals surface area contributed by atoms with Gasteiger partial charge in [-0.2, -0.15) is 0 Å². The molecular weight excluding hydrogens is 321 g/mol. The van der Waals surface area contributed by atoms with Crippen LogP contribution in [0.5, 0.6) is 0 Å². The third kappa shape index (κ3) is 4.34. The molecule has 128 valence electrons. The molecule has 7 heteroatoms. The van der Waals surface area contributed by atoms with Crippen molar-refractivity contribution in [2.24, 2.45) is 0 Å². The zero-order valence-electron chi connectivity index (χ0n) is 13.8. The highest BCUT2D eigenvalue weighted by molar-refractivity contribution is 6.33. The molecule has 5 nitrogen and oxygen atoms in total. The summed E-state index contributed by atoms with van der Waals surface area (Å²) in [5.41, 5.74) is 0.807. The largest absolute Gasteiger partial charge is 0.378 e. The lowest BCUT2D eigenvalue weighted by molar-refractivity contribution is 0.0896. The Morgan fingerprint density at radius 3 is 2.74 bits per heavy atom. The van der Waals surface area contributed by atoms with Gasteiger partial charge in [0.1, 0.15) is 5.82 Å². The minimum absolute atomic E-state index is 0.0615. The molecule has 0 unspecified atom stereocenters. The van der Waals surface area contributed by atoms with E-state index >= 15 is 0 Å². The van der Waals surface area contributed by atoms with Crippen LogP contribution in [0.15, 0.2) is 12.1 Å². The van der Waals surface area contributed by atoms with Crippen LogP contribution in [0.4, 0.5) is 14.9 Å². The second-order valence-corrected chi connectivity index (χ2v) is 6.52. The number of nitrogens with one attached hydrogen (secondary N) is 2. The predicted molar refractivity (Wildman–Crippen MR) is 89.6 cm³/mol. The molecule has 1 aromatic carbocycles. The second kappa shape index (κ2) is 7.47. The van der Waals surface area contributed by atoms with Crippen molar-refractivity contribution in [3.63, 3.8) is 0 Å². The van der Waals surface area contributed by atoms with Gasteiger partial charge < -0.3 is 15.4 Å². The summed E-state index contributed by atoms with van der Waals surface area (Å²) in [6.07, 6.45) is -0.0615. The fraction of sp³-hybridized carbons (Fsp3) is 0.562. The third-order valence-corrected chi connectivity index (χ3v) is 4.45. The highest BCUT2D eigenvalue weighted by atomic mass is 35.5. The van der Waals surface area contributed by atoms with E-state index in [1.54, 1.807) is 14.0 Å². The Kier molecular flexibility index (Phi) is 5.84. The Bertz CT molecular complexity index is 583. The molecule has 2 N–H and O–H groups in total. The van der Waals surface area contributed by atoms with Gasteiger partial charge in [0.25, 0.3) is 0 Å². The van der Waals surface area contributed by atoms with Crippen LogP contribution in [0.2, 0.25) is 5.02 Å². The van der Waals surface area contributed by atoms with E-state index in [1.165, 1.54) is 12.1 Å².